The molecule has 1 rings (SSSR count). The largest absolute Gasteiger partial charge is 0.481 e. The molecule has 0 saturated heterocycles. The van der Waals surface area contributed by atoms with E-state index in [0.717, 1.165) is 6.42 Å². The maximum absolute atomic E-state index is 10.3. The molecule has 1 aromatic heterocycles. The first-order valence-corrected chi connectivity index (χ1v) is 5.13. The minimum atomic E-state index is -0.761. The number of carboxylic acid groups (broad SMARTS) is 1. The summed E-state index contributed by atoms with van der Waals surface area (Å²) in [5, 5.41) is 16.2. The monoisotopic (exact) mass is 212 g/mol. The van der Waals surface area contributed by atoms with Crippen LogP contribution in [-0.4, -0.2) is 21.3 Å². The van der Waals surface area contributed by atoms with E-state index in [-0.39, 0.29) is 12.3 Å². The Morgan fingerprint density at radius 1 is 1.40 bits per heavy atom. The van der Waals surface area contributed by atoms with Crippen LogP contribution in [0.15, 0.2) is 4.42 Å². The van der Waals surface area contributed by atoms with Crippen molar-refractivity contribution in [2.75, 3.05) is 0 Å². The van der Waals surface area contributed by atoms with E-state index in [4.69, 9.17) is 9.52 Å². The van der Waals surface area contributed by atoms with Crippen molar-refractivity contribution in [3.8, 4) is 0 Å². The lowest BCUT2D eigenvalue weighted by atomic mass is 10.2. The Morgan fingerprint density at radius 3 is 2.67 bits per heavy atom. The molecule has 84 valence electrons. The zero-order valence-electron chi connectivity index (χ0n) is 9.06. The Hall–Kier alpha value is -1.39. The SMILES string of the molecule is CC(C)c1nnc(CCCCC(=O)O)o1. The average Bonchev–Trinajstić information content (AvgIpc) is 2.60. The second kappa shape index (κ2) is 5.48. The van der Waals surface area contributed by atoms with Crippen molar-refractivity contribution in [3.63, 3.8) is 0 Å². The van der Waals surface area contributed by atoms with E-state index in [2.05, 4.69) is 10.2 Å². The number of unbranched alkanes of at least 4 members (excludes halogenated alkanes) is 1. The van der Waals surface area contributed by atoms with Crippen LogP contribution in [0.3, 0.4) is 0 Å². The molecule has 0 aliphatic carbocycles. The summed E-state index contributed by atoms with van der Waals surface area (Å²) in [6.07, 6.45) is 2.28. The number of aromatic nitrogens is 2. The molecule has 1 aromatic rings. The fourth-order valence-corrected chi connectivity index (χ4v) is 1.15. The summed E-state index contributed by atoms with van der Waals surface area (Å²) >= 11 is 0. The van der Waals surface area contributed by atoms with Gasteiger partial charge in [-0.25, -0.2) is 0 Å². The Bertz CT molecular complexity index is 320. The molecule has 5 nitrogen and oxygen atoms in total. The third-order valence-electron chi connectivity index (χ3n) is 2.01. The highest BCUT2D eigenvalue weighted by molar-refractivity contribution is 5.66. The van der Waals surface area contributed by atoms with Crippen LogP contribution in [0.2, 0.25) is 0 Å². The van der Waals surface area contributed by atoms with Crippen LogP contribution in [0.25, 0.3) is 0 Å². The number of carbonyl (C=O) groups is 1. The van der Waals surface area contributed by atoms with Gasteiger partial charge in [0.05, 0.1) is 0 Å². The normalized spacial score (nSPS) is 10.9. The molecule has 5 heteroatoms. The second-order valence-corrected chi connectivity index (χ2v) is 3.79. The number of hydrogen-bond acceptors (Lipinski definition) is 4. The topological polar surface area (TPSA) is 76.2 Å². The summed E-state index contributed by atoms with van der Waals surface area (Å²) in [6, 6.07) is 0. The molecule has 0 saturated carbocycles. The molecule has 0 amide bonds. The highest BCUT2D eigenvalue weighted by Crippen LogP contribution is 2.13. The number of aliphatic carboxylic acids is 1. The molecule has 0 aromatic carbocycles. The molecule has 0 atom stereocenters. The first-order chi connectivity index (χ1) is 7.09. The summed E-state index contributed by atoms with van der Waals surface area (Å²) in [6.45, 7) is 3.98. The Labute approximate surface area is 88.5 Å². The number of hydrogen-bond donors (Lipinski definition) is 1. The van der Waals surface area contributed by atoms with Gasteiger partial charge in [-0.2, -0.15) is 0 Å². The van der Waals surface area contributed by atoms with Crippen molar-refractivity contribution in [3.05, 3.63) is 11.8 Å². The molecule has 1 heterocycles. The molecule has 1 N–H and O–H groups in total. The smallest absolute Gasteiger partial charge is 0.303 e. The van der Waals surface area contributed by atoms with Crippen molar-refractivity contribution >= 4 is 5.97 Å². The second-order valence-electron chi connectivity index (χ2n) is 3.79. The summed E-state index contributed by atoms with van der Waals surface area (Å²) in [4.78, 5) is 10.3. The number of rotatable bonds is 6. The van der Waals surface area contributed by atoms with Crippen LogP contribution in [-0.2, 0) is 11.2 Å². The minimum absolute atomic E-state index is 0.200. The van der Waals surface area contributed by atoms with E-state index < -0.39 is 5.97 Å². The minimum Gasteiger partial charge on any atom is -0.481 e. The maximum atomic E-state index is 10.3. The van der Waals surface area contributed by atoms with Crippen molar-refractivity contribution in [1.29, 1.82) is 0 Å². The molecule has 15 heavy (non-hydrogen) atoms. The molecule has 0 fully saturated rings. The van der Waals surface area contributed by atoms with E-state index >= 15 is 0 Å². The standard InChI is InChI=1S/C10H16N2O3/c1-7(2)10-12-11-8(15-10)5-3-4-6-9(13)14/h7H,3-6H2,1-2H3,(H,13,14). The molecule has 0 spiro atoms. The quantitative estimate of drug-likeness (QED) is 0.730. The number of carboxylic acids is 1. The van der Waals surface area contributed by atoms with Gasteiger partial charge in [-0.15, -0.1) is 10.2 Å². The summed E-state index contributed by atoms with van der Waals surface area (Å²) in [7, 11) is 0. The Kier molecular flexibility index (Phi) is 4.27. The van der Waals surface area contributed by atoms with Crippen molar-refractivity contribution in [2.45, 2.75) is 45.4 Å². The van der Waals surface area contributed by atoms with Crippen LogP contribution in [0.1, 0.15) is 50.8 Å². The van der Waals surface area contributed by atoms with Crippen molar-refractivity contribution < 1.29 is 14.3 Å². The highest BCUT2D eigenvalue weighted by Gasteiger charge is 2.09. The van der Waals surface area contributed by atoms with E-state index in [0.29, 0.717) is 24.6 Å². The Morgan fingerprint density at radius 2 is 2.13 bits per heavy atom. The van der Waals surface area contributed by atoms with Gasteiger partial charge in [0.1, 0.15) is 0 Å². The molecule has 0 radical (unpaired) electrons. The van der Waals surface area contributed by atoms with Gasteiger partial charge in [0, 0.05) is 18.8 Å². The fourth-order valence-electron chi connectivity index (χ4n) is 1.15. The van der Waals surface area contributed by atoms with Gasteiger partial charge in [-0.05, 0) is 12.8 Å². The first-order valence-electron chi connectivity index (χ1n) is 5.13. The lowest BCUT2D eigenvalue weighted by molar-refractivity contribution is -0.137. The van der Waals surface area contributed by atoms with Gasteiger partial charge in [-0.3, -0.25) is 4.79 Å². The third-order valence-corrected chi connectivity index (χ3v) is 2.01. The number of aryl methyl sites for hydroxylation is 1. The van der Waals surface area contributed by atoms with E-state index in [1.54, 1.807) is 0 Å². The Balaban J connectivity index is 2.28. The molecular weight excluding hydrogens is 196 g/mol. The predicted molar refractivity (Wildman–Crippen MR) is 53.6 cm³/mol. The third kappa shape index (κ3) is 4.10. The van der Waals surface area contributed by atoms with Gasteiger partial charge < -0.3 is 9.52 Å². The van der Waals surface area contributed by atoms with Crippen molar-refractivity contribution in [1.82, 2.24) is 10.2 Å². The predicted octanol–water partition coefficient (Wildman–Crippen LogP) is 1.99. The zero-order chi connectivity index (χ0) is 11.3. The summed E-state index contributed by atoms with van der Waals surface area (Å²) < 4.78 is 5.38. The first kappa shape index (κ1) is 11.7. The summed E-state index contributed by atoms with van der Waals surface area (Å²) in [5.74, 6) is 0.723. The van der Waals surface area contributed by atoms with Crippen LogP contribution in [0.4, 0.5) is 0 Å². The lowest BCUT2D eigenvalue weighted by Crippen LogP contribution is -1.95. The van der Waals surface area contributed by atoms with Gasteiger partial charge in [0.25, 0.3) is 0 Å². The van der Waals surface area contributed by atoms with Gasteiger partial charge in [-0.1, -0.05) is 13.8 Å². The maximum Gasteiger partial charge on any atom is 0.303 e. The molecule has 0 aliphatic rings. The van der Waals surface area contributed by atoms with E-state index in [1.807, 2.05) is 13.8 Å². The number of nitrogens with zero attached hydrogens (tertiary/aromatic N) is 2. The van der Waals surface area contributed by atoms with Crippen LogP contribution in [0, 0.1) is 0 Å². The summed E-state index contributed by atoms with van der Waals surface area (Å²) in [5.41, 5.74) is 0. The van der Waals surface area contributed by atoms with E-state index in [1.165, 1.54) is 0 Å². The average molecular weight is 212 g/mol. The fraction of sp³-hybridized carbons (Fsp3) is 0.700. The van der Waals surface area contributed by atoms with Gasteiger partial charge in [0.2, 0.25) is 11.8 Å². The molecule has 0 aliphatic heterocycles. The molecule has 0 bridgehead atoms. The molecule has 0 unspecified atom stereocenters. The van der Waals surface area contributed by atoms with E-state index in [9.17, 15) is 4.79 Å². The van der Waals surface area contributed by atoms with Crippen LogP contribution >= 0.6 is 0 Å². The van der Waals surface area contributed by atoms with Crippen LogP contribution < -0.4 is 0 Å². The van der Waals surface area contributed by atoms with Gasteiger partial charge in [0.15, 0.2) is 0 Å². The molecular formula is C10H16N2O3. The lowest BCUT2D eigenvalue weighted by Gasteiger charge is -1.95. The highest BCUT2D eigenvalue weighted by atomic mass is 16.4. The van der Waals surface area contributed by atoms with Crippen LogP contribution in [0.5, 0.6) is 0 Å². The zero-order valence-corrected chi connectivity index (χ0v) is 9.06. The van der Waals surface area contributed by atoms with Gasteiger partial charge >= 0.3 is 5.97 Å². The van der Waals surface area contributed by atoms with Crippen molar-refractivity contribution in [2.24, 2.45) is 0 Å².